The number of unbranched alkanes of at least 4 members (excludes halogenated alkanes) is 28. The second-order valence-corrected chi connectivity index (χ2v) is 16.2. The monoisotopic (exact) mass is 770 g/mol. The molecule has 0 bridgehead atoms. The summed E-state index contributed by atoms with van der Waals surface area (Å²) in [7, 11) is 0. The largest absolute Gasteiger partial charge is 0.445 e. The summed E-state index contributed by atoms with van der Waals surface area (Å²) in [5.74, 6) is -0.124. The second-order valence-electron chi connectivity index (χ2n) is 16.2. The molecule has 55 heavy (non-hydrogen) atoms. The SMILES string of the molecule is CCCCCCCCCCCCCCCCCCCCCC(=O)NC(CCCCNC(=O)OCc1ccccc1)C(=O)NCCCCCCCCCCCC. The first-order chi connectivity index (χ1) is 27.1. The highest BCUT2D eigenvalue weighted by atomic mass is 16.5. The first-order valence-electron chi connectivity index (χ1n) is 23.6. The lowest BCUT2D eigenvalue weighted by Crippen LogP contribution is -2.47. The van der Waals surface area contributed by atoms with E-state index in [0.717, 1.165) is 37.7 Å². The minimum absolute atomic E-state index is 0.0336. The van der Waals surface area contributed by atoms with Crippen molar-refractivity contribution < 1.29 is 19.1 Å². The van der Waals surface area contributed by atoms with E-state index >= 15 is 0 Å². The molecule has 7 heteroatoms. The predicted octanol–water partition coefficient (Wildman–Crippen LogP) is 13.4. The fraction of sp³-hybridized carbons (Fsp3) is 0.812. The Kier molecular flexibility index (Phi) is 36.4. The Labute approximate surface area is 339 Å². The molecule has 0 saturated heterocycles. The van der Waals surface area contributed by atoms with E-state index in [2.05, 4.69) is 29.8 Å². The zero-order chi connectivity index (χ0) is 39.7. The Morgan fingerprint density at radius 1 is 0.491 bits per heavy atom. The Morgan fingerprint density at radius 3 is 1.36 bits per heavy atom. The van der Waals surface area contributed by atoms with Gasteiger partial charge in [0.05, 0.1) is 0 Å². The lowest BCUT2D eigenvalue weighted by Gasteiger charge is -2.19. The summed E-state index contributed by atoms with van der Waals surface area (Å²) in [4.78, 5) is 38.2. The van der Waals surface area contributed by atoms with Crippen molar-refractivity contribution in [3.05, 3.63) is 35.9 Å². The first kappa shape index (κ1) is 50.4. The van der Waals surface area contributed by atoms with Gasteiger partial charge in [0.2, 0.25) is 11.8 Å². The molecular weight excluding hydrogens is 683 g/mol. The topological polar surface area (TPSA) is 96.5 Å². The summed E-state index contributed by atoms with van der Waals surface area (Å²) < 4.78 is 5.29. The number of carbonyl (C=O) groups excluding carboxylic acids is 3. The van der Waals surface area contributed by atoms with Gasteiger partial charge in [-0.15, -0.1) is 0 Å². The van der Waals surface area contributed by atoms with Gasteiger partial charge in [-0.1, -0.05) is 218 Å². The smallest absolute Gasteiger partial charge is 0.407 e. The summed E-state index contributed by atoms with van der Waals surface area (Å²) in [6.45, 7) is 5.89. The minimum Gasteiger partial charge on any atom is -0.445 e. The molecule has 1 aromatic carbocycles. The number of benzene rings is 1. The molecule has 1 unspecified atom stereocenters. The molecule has 0 aromatic heterocycles. The molecule has 0 saturated carbocycles. The van der Waals surface area contributed by atoms with E-state index in [-0.39, 0.29) is 18.4 Å². The molecule has 1 aromatic rings. The van der Waals surface area contributed by atoms with Gasteiger partial charge in [0.15, 0.2) is 0 Å². The average Bonchev–Trinajstić information content (AvgIpc) is 3.19. The molecule has 3 amide bonds. The van der Waals surface area contributed by atoms with Gasteiger partial charge in [-0.3, -0.25) is 9.59 Å². The van der Waals surface area contributed by atoms with Gasteiger partial charge in [0.1, 0.15) is 12.6 Å². The molecule has 0 fully saturated rings. The highest BCUT2D eigenvalue weighted by molar-refractivity contribution is 5.87. The van der Waals surface area contributed by atoms with Gasteiger partial charge in [0, 0.05) is 19.5 Å². The van der Waals surface area contributed by atoms with Crippen LogP contribution in [-0.4, -0.2) is 37.0 Å². The quantitative estimate of drug-likeness (QED) is 0.0579. The summed E-state index contributed by atoms with van der Waals surface area (Å²) >= 11 is 0. The van der Waals surface area contributed by atoms with E-state index in [1.165, 1.54) is 161 Å². The van der Waals surface area contributed by atoms with Crippen molar-refractivity contribution in [1.29, 1.82) is 0 Å². The number of nitrogens with one attached hydrogen (secondary N) is 3. The van der Waals surface area contributed by atoms with Crippen molar-refractivity contribution in [3.8, 4) is 0 Å². The van der Waals surface area contributed by atoms with Crippen LogP contribution in [0.4, 0.5) is 4.79 Å². The van der Waals surface area contributed by atoms with E-state index < -0.39 is 12.1 Å². The molecule has 0 spiro atoms. The molecule has 0 aliphatic rings. The van der Waals surface area contributed by atoms with Crippen LogP contribution in [0, 0.1) is 0 Å². The average molecular weight is 770 g/mol. The van der Waals surface area contributed by atoms with Crippen LogP contribution in [0.5, 0.6) is 0 Å². The van der Waals surface area contributed by atoms with E-state index in [0.29, 0.717) is 32.4 Å². The van der Waals surface area contributed by atoms with Gasteiger partial charge in [-0.2, -0.15) is 0 Å². The highest BCUT2D eigenvalue weighted by Crippen LogP contribution is 2.15. The molecule has 0 heterocycles. The summed E-state index contributed by atoms with van der Waals surface area (Å²) in [5, 5.41) is 8.93. The molecular formula is C48H87N3O4. The Hall–Kier alpha value is -2.57. The van der Waals surface area contributed by atoms with E-state index in [1.807, 2.05) is 30.3 Å². The zero-order valence-corrected chi connectivity index (χ0v) is 36.1. The van der Waals surface area contributed by atoms with Gasteiger partial charge in [0.25, 0.3) is 0 Å². The minimum atomic E-state index is -0.541. The summed E-state index contributed by atoms with van der Waals surface area (Å²) in [6, 6.07) is 9.07. The fourth-order valence-electron chi connectivity index (χ4n) is 7.28. The lowest BCUT2D eigenvalue weighted by atomic mass is 10.0. The van der Waals surface area contributed by atoms with Crippen LogP contribution >= 0.6 is 0 Å². The van der Waals surface area contributed by atoms with Gasteiger partial charge < -0.3 is 20.7 Å². The molecule has 1 rings (SSSR count). The number of alkyl carbamates (subject to hydrolysis) is 1. The maximum atomic E-state index is 13.2. The molecule has 0 radical (unpaired) electrons. The maximum Gasteiger partial charge on any atom is 0.407 e. The number of hydrogen-bond donors (Lipinski definition) is 3. The van der Waals surface area contributed by atoms with Crippen LogP contribution in [0.1, 0.15) is 231 Å². The Balaban J connectivity index is 2.21. The van der Waals surface area contributed by atoms with Crippen LogP contribution in [0.15, 0.2) is 30.3 Å². The summed E-state index contributed by atoms with van der Waals surface area (Å²) in [6.07, 6.45) is 39.8. The number of amides is 3. The number of rotatable bonds is 40. The Morgan fingerprint density at radius 2 is 0.891 bits per heavy atom. The zero-order valence-electron chi connectivity index (χ0n) is 36.1. The van der Waals surface area contributed by atoms with Crippen LogP contribution in [0.25, 0.3) is 0 Å². The van der Waals surface area contributed by atoms with Gasteiger partial charge >= 0.3 is 6.09 Å². The Bertz CT molecular complexity index is 1000. The third-order valence-corrected chi connectivity index (χ3v) is 10.9. The first-order valence-corrected chi connectivity index (χ1v) is 23.6. The molecule has 318 valence electrons. The van der Waals surface area contributed by atoms with Crippen molar-refractivity contribution in [3.63, 3.8) is 0 Å². The fourth-order valence-corrected chi connectivity index (χ4v) is 7.28. The number of ether oxygens (including phenoxy) is 1. The second kappa shape index (κ2) is 39.7. The van der Waals surface area contributed by atoms with Crippen LogP contribution in [-0.2, 0) is 20.9 Å². The van der Waals surface area contributed by atoms with Crippen molar-refractivity contribution in [1.82, 2.24) is 16.0 Å². The molecule has 0 aliphatic carbocycles. The van der Waals surface area contributed by atoms with Crippen molar-refractivity contribution in [2.24, 2.45) is 0 Å². The van der Waals surface area contributed by atoms with Crippen LogP contribution < -0.4 is 16.0 Å². The highest BCUT2D eigenvalue weighted by Gasteiger charge is 2.20. The van der Waals surface area contributed by atoms with Crippen molar-refractivity contribution in [2.75, 3.05) is 13.1 Å². The molecule has 1 atom stereocenters. The maximum absolute atomic E-state index is 13.2. The molecule has 3 N–H and O–H groups in total. The van der Waals surface area contributed by atoms with E-state index in [9.17, 15) is 14.4 Å². The lowest BCUT2D eigenvalue weighted by molar-refractivity contribution is -0.129. The number of hydrogen-bond acceptors (Lipinski definition) is 4. The summed E-state index contributed by atoms with van der Waals surface area (Å²) in [5.41, 5.74) is 0.945. The van der Waals surface area contributed by atoms with Gasteiger partial charge in [-0.05, 0) is 37.7 Å². The van der Waals surface area contributed by atoms with Crippen molar-refractivity contribution >= 4 is 17.9 Å². The van der Waals surface area contributed by atoms with Crippen LogP contribution in [0.3, 0.4) is 0 Å². The third kappa shape index (κ3) is 34.4. The number of carbonyl (C=O) groups is 3. The van der Waals surface area contributed by atoms with E-state index in [4.69, 9.17) is 4.74 Å². The third-order valence-electron chi connectivity index (χ3n) is 10.9. The predicted molar refractivity (Wildman–Crippen MR) is 233 cm³/mol. The van der Waals surface area contributed by atoms with Crippen LogP contribution in [0.2, 0.25) is 0 Å². The molecule has 7 nitrogen and oxygen atoms in total. The van der Waals surface area contributed by atoms with Gasteiger partial charge in [-0.25, -0.2) is 4.79 Å². The van der Waals surface area contributed by atoms with E-state index in [1.54, 1.807) is 0 Å². The standard InChI is InChI=1S/C48H87N3O4/c1-3-5-7-9-11-13-15-16-17-18-19-20-21-22-23-24-26-28-33-40-46(52)51-45(47(53)49-41-35-29-27-25-14-12-10-8-6-4-2)39-34-36-42-50-48(54)55-43-44-37-31-30-32-38-44/h30-32,37-38,45H,3-29,33-36,39-43H2,1-2H3,(H,49,53)(H,50,54)(H,51,52). The molecule has 0 aliphatic heterocycles. The van der Waals surface area contributed by atoms with Crippen molar-refractivity contribution in [2.45, 2.75) is 238 Å². The normalized spacial score (nSPS) is 11.7.